The number of ether oxygens (including phenoxy) is 2. The van der Waals surface area contributed by atoms with Gasteiger partial charge in [0, 0.05) is 19.5 Å². The summed E-state index contributed by atoms with van der Waals surface area (Å²) in [5.74, 6) is 0.317. The Morgan fingerprint density at radius 2 is 1.92 bits per heavy atom. The summed E-state index contributed by atoms with van der Waals surface area (Å²) >= 11 is 0. The molecule has 1 fully saturated rings. The molecule has 1 aliphatic rings. The van der Waals surface area contributed by atoms with Crippen LogP contribution >= 0.6 is 0 Å². The Morgan fingerprint density at radius 1 is 1.20 bits per heavy atom. The van der Waals surface area contributed by atoms with Crippen molar-refractivity contribution in [3.05, 3.63) is 36.4 Å². The number of imide groups is 1. The Morgan fingerprint density at radius 3 is 2.52 bits per heavy atom. The molecule has 7 heteroatoms. The number of carbonyl (C=O) groups is 3. The van der Waals surface area contributed by atoms with Crippen LogP contribution in [0.25, 0.3) is 0 Å². The lowest BCUT2D eigenvalue weighted by Crippen LogP contribution is -2.53. The molecule has 1 heterocycles. The van der Waals surface area contributed by atoms with E-state index in [-0.39, 0.29) is 31.3 Å². The molecule has 0 radical (unpaired) electrons. The van der Waals surface area contributed by atoms with Crippen LogP contribution in [0.1, 0.15) is 12.0 Å². The maximum absolute atomic E-state index is 12.3. The van der Waals surface area contributed by atoms with Crippen LogP contribution in [0.4, 0.5) is 0 Å². The second-order valence-corrected chi connectivity index (χ2v) is 5.59. The van der Waals surface area contributed by atoms with E-state index in [1.807, 2.05) is 12.1 Å². The third kappa shape index (κ3) is 4.37. The standard InChI is InChI=1S/C18H22N2O5/c1-4-16(21)20-10-9-19(12-18(20)23)17(22)8-6-13-5-7-14(24-2)15(11-13)25-3/h4-5,7,11H,1,6,8-10,12H2,2-3H3. The van der Waals surface area contributed by atoms with Crippen molar-refractivity contribution in [2.24, 2.45) is 0 Å². The van der Waals surface area contributed by atoms with Crippen molar-refractivity contribution in [1.29, 1.82) is 0 Å². The Labute approximate surface area is 146 Å². The van der Waals surface area contributed by atoms with Gasteiger partial charge in [0.05, 0.1) is 14.2 Å². The van der Waals surface area contributed by atoms with Gasteiger partial charge in [-0.15, -0.1) is 0 Å². The fourth-order valence-corrected chi connectivity index (χ4v) is 2.67. The number of rotatable bonds is 6. The lowest BCUT2D eigenvalue weighted by atomic mass is 10.1. The molecule has 1 saturated heterocycles. The van der Waals surface area contributed by atoms with E-state index < -0.39 is 5.91 Å². The molecular weight excluding hydrogens is 324 g/mol. The molecule has 1 aliphatic heterocycles. The van der Waals surface area contributed by atoms with Crippen molar-refractivity contribution in [2.45, 2.75) is 12.8 Å². The fourth-order valence-electron chi connectivity index (χ4n) is 2.67. The second-order valence-electron chi connectivity index (χ2n) is 5.59. The van der Waals surface area contributed by atoms with Gasteiger partial charge in [0.15, 0.2) is 11.5 Å². The molecule has 0 N–H and O–H groups in total. The molecule has 0 aliphatic carbocycles. The fraction of sp³-hybridized carbons (Fsp3) is 0.389. The van der Waals surface area contributed by atoms with Crippen molar-refractivity contribution in [3.63, 3.8) is 0 Å². The van der Waals surface area contributed by atoms with E-state index in [0.29, 0.717) is 24.5 Å². The highest BCUT2D eigenvalue weighted by atomic mass is 16.5. The molecule has 0 unspecified atom stereocenters. The second kappa shape index (κ2) is 8.32. The number of aryl methyl sites for hydroxylation is 1. The van der Waals surface area contributed by atoms with E-state index in [4.69, 9.17) is 9.47 Å². The number of carbonyl (C=O) groups excluding carboxylic acids is 3. The first-order valence-electron chi connectivity index (χ1n) is 7.95. The number of benzene rings is 1. The van der Waals surface area contributed by atoms with Gasteiger partial charge < -0.3 is 14.4 Å². The Hall–Kier alpha value is -2.83. The lowest BCUT2D eigenvalue weighted by Gasteiger charge is -2.32. The SMILES string of the molecule is C=CC(=O)N1CCN(C(=O)CCc2ccc(OC)c(OC)c2)CC1=O. The topological polar surface area (TPSA) is 76.2 Å². The molecule has 0 spiro atoms. The number of hydrogen-bond donors (Lipinski definition) is 0. The van der Waals surface area contributed by atoms with Gasteiger partial charge in [0.25, 0.3) is 5.91 Å². The average molecular weight is 346 g/mol. The monoisotopic (exact) mass is 346 g/mol. The molecular formula is C18H22N2O5. The quantitative estimate of drug-likeness (QED) is 0.719. The summed E-state index contributed by atoms with van der Waals surface area (Å²) in [5, 5.41) is 0. The molecule has 134 valence electrons. The van der Waals surface area contributed by atoms with E-state index in [9.17, 15) is 14.4 Å². The van der Waals surface area contributed by atoms with Crippen LogP contribution in [0.15, 0.2) is 30.9 Å². The molecule has 0 saturated carbocycles. The van der Waals surface area contributed by atoms with E-state index in [1.54, 1.807) is 20.3 Å². The third-order valence-corrected chi connectivity index (χ3v) is 4.09. The number of amides is 3. The lowest BCUT2D eigenvalue weighted by molar-refractivity contribution is -0.151. The minimum Gasteiger partial charge on any atom is -0.493 e. The average Bonchev–Trinajstić information content (AvgIpc) is 2.64. The molecule has 3 amide bonds. The van der Waals surface area contributed by atoms with Gasteiger partial charge in [-0.2, -0.15) is 0 Å². The zero-order chi connectivity index (χ0) is 18.4. The minimum atomic E-state index is -0.428. The molecule has 2 rings (SSSR count). The highest BCUT2D eigenvalue weighted by molar-refractivity contribution is 6.02. The first-order chi connectivity index (χ1) is 12.0. The van der Waals surface area contributed by atoms with Crippen molar-refractivity contribution >= 4 is 17.7 Å². The summed E-state index contributed by atoms with van der Waals surface area (Å²) in [6.07, 6.45) is 1.91. The van der Waals surface area contributed by atoms with Crippen LogP contribution in [0.3, 0.4) is 0 Å². The van der Waals surface area contributed by atoms with Gasteiger partial charge in [0.1, 0.15) is 6.54 Å². The molecule has 0 aromatic heterocycles. The molecule has 1 aromatic carbocycles. The van der Waals surface area contributed by atoms with Crippen LogP contribution in [-0.2, 0) is 20.8 Å². The highest BCUT2D eigenvalue weighted by Crippen LogP contribution is 2.28. The third-order valence-electron chi connectivity index (χ3n) is 4.09. The Kier molecular flexibility index (Phi) is 6.16. The molecule has 25 heavy (non-hydrogen) atoms. The van der Waals surface area contributed by atoms with Crippen LogP contribution < -0.4 is 9.47 Å². The van der Waals surface area contributed by atoms with Crippen molar-refractivity contribution in [1.82, 2.24) is 9.80 Å². The van der Waals surface area contributed by atoms with Crippen molar-refractivity contribution < 1.29 is 23.9 Å². The first-order valence-corrected chi connectivity index (χ1v) is 7.95. The van der Waals surface area contributed by atoms with Gasteiger partial charge >= 0.3 is 0 Å². The summed E-state index contributed by atoms with van der Waals surface area (Å²) < 4.78 is 10.4. The number of piperazine rings is 1. The van der Waals surface area contributed by atoms with Crippen molar-refractivity contribution in [3.8, 4) is 11.5 Å². The van der Waals surface area contributed by atoms with E-state index in [1.165, 1.54) is 4.90 Å². The summed E-state index contributed by atoms with van der Waals surface area (Å²) in [4.78, 5) is 38.4. The summed E-state index contributed by atoms with van der Waals surface area (Å²) in [7, 11) is 3.12. The van der Waals surface area contributed by atoms with Gasteiger partial charge in [-0.1, -0.05) is 12.6 Å². The molecule has 7 nitrogen and oxygen atoms in total. The Bertz CT molecular complexity index is 686. The van der Waals surface area contributed by atoms with Crippen LogP contribution in [0, 0.1) is 0 Å². The number of hydrogen-bond acceptors (Lipinski definition) is 5. The van der Waals surface area contributed by atoms with Gasteiger partial charge in [-0.05, 0) is 30.2 Å². The minimum absolute atomic E-state index is 0.0790. The van der Waals surface area contributed by atoms with Gasteiger partial charge in [-0.3, -0.25) is 19.3 Å². The summed E-state index contributed by atoms with van der Waals surface area (Å²) in [5.41, 5.74) is 0.942. The van der Waals surface area contributed by atoms with Crippen molar-refractivity contribution in [2.75, 3.05) is 33.9 Å². The van der Waals surface area contributed by atoms with E-state index in [0.717, 1.165) is 16.5 Å². The van der Waals surface area contributed by atoms with Crippen LogP contribution in [0.5, 0.6) is 11.5 Å². The molecule has 0 bridgehead atoms. The zero-order valence-electron chi connectivity index (χ0n) is 14.5. The Balaban J connectivity index is 1.92. The molecule has 1 aromatic rings. The maximum Gasteiger partial charge on any atom is 0.252 e. The largest absolute Gasteiger partial charge is 0.493 e. The van der Waals surface area contributed by atoms with Gasteiger partial charge in [0.2, 0.25) is 11.8 Å². The zero-order valence-corrected chi connectivity index (χ0v) is 14.5. The smallest absolute Gasteiger partial charge is 0.252 e. The van der Waals surface area contributed by atoms with Crippen LogP contribution in [0.2, 0.25) is 0 Å². The molecule has 0 atom stereocenters. The normalized spacial score (nSPS) is 14.2. The first kappa shape index (κ1) is 18.5. The predicted octanol–water partition coefficient (Wildman–Crippen LogP) is 1.02. The number of methoxy groups -OCH3 is 2. The van der Waals surface area contributed by atoms with Crippen LogP contribution in [-0.4, -0.2) is 61.4 Å². The van der Waals surface area contributed by atoms with E-state index in [2.05, 4.69) is 6.58 Å². The number of nitrogens with zero attached hydrogens (tertiary/aromatic N) is 2. The van der Waals surface area contributed by atoms with Gasteiger partial charge in [-0.25, -0.2) is 0 Å². The maximum atomic E-state index is 12.3. The van der Waals surface area contributed by atoms with E-state index >= 15 is 0 Å². The predicted molar refractivity (Wildman–Crippen MR) is 91.4 cm³/mol. The summed E-state index contributed by atoms with van der Waals surface area (Å²) in [6.45, 7) is 3.84. The highest BCUT2D eigenvalue weighted by Gasteiger charge is 2.29. The summed E-state index contributed by atoms with van der Waals surface area (Å²) in [6, 6.07) is 5.50.